The Hall–Kier alpha value is -0.880. The molecule has 0 aliphatic carbocycles. The second-order valence-corrected chi connectivity index (χ2v) is 7.25. The molecule has 0 aliphatic heterocycles. The average molecular weight is 434 g/mol. The van der Waals surface area contributed by atoms with Gasteiger partial charge in [-0.3, -0.25) is 9.59 Å². The lowest BCUT2D eigenvalue weighted by molar-refractivity contribution is -0.116. The van der Waals surface area contributed by atoms with Crippen LogP contribution in [0.3, 0.4) is 0 Å². The summed E-state index contributed by atoms with van der Waals surface area (Å²) in [5, 5.41) is 5.71. The van der Waals surface area contributed by atoms with Crippen LogP contribution in [-0.4, -0.2) is 21.5 Å². The van der Waals surface area contributed by atoms with Crippen molar-refractivity contribution in [3.63, 3.8) is 0 Å². The average Bonchev–Trinajstić information content (AvgIpc) is 2.49. The highest BCUT2D eigenvalue weighted by Gasteiger charge is 2.18. The van der Waals surface area contributed by atoms with Crippen molar-refractivity contribution in [1.82, 2.24) is 0 Å². The number of hydrogen-bond acceptors (Lipinski definition) is 2. The van der Waals surface area contributed by atoms with Crippen LogP contribution in [-0.2, 0) is 9.59 Å². The highest BCUT2D eigenvalue weighted by atomic mass is 79.9. The first kappa shape index (κ1) is 19.2. The van der Waals surface area contributed by atoms with E-state index in [1.807, 2.05) is 26.0 Å². The molecule has 0 saturated heterocycles. The lowest BCUT2D eigenvalue weighted by Crippen LogP contribution is -2.26. The number of carbonyl (C=O) groups is 2. The second-order valence-electron chi connectivity index (χ2n) is 5.04. The number of anilines is 2. The van der Waals surface area contributed by atoms with Crippen LogP contribution >= 0.6 is 31.9 Å². The quantitative estimate of drug-likeness (QED) is 0.584. The first-order valence-corrected chi connectivity index (χ1v) is 9.31. The van der Waals surface area contributed by atoms with Gasteiger partial charge in [-0.05, 0) is 25.0 Å². The monoisotopic (exact) mass is 432 g/mol. The molecule has 0 aliphatic rings. The number of nitrogens with one attached hydrogen (secondary N) is 2. The van der Waals surface area contributed by atoms with Gasteiger partial charge in [0.2, 0.25) is 11.8 Å². The zero-order valence-corrected chi connectivity index (χ0v) is 16.0. The molecule has 0 aromatic heterocycles. The molecule has 6 heteroatoms. The number of alkyl halides is 2. The maximum Gasteiger partial charge on any atom is 0.238 e. The van der Waals surface area contributed by atoms with Gasteiger partial charge < -0.3 is 10.6 Å². The lowest BCUT2D eigenvalue weighted by atomic mass is 10.2. The van der Waals surface area contributed by atoms with E-state index in [-0.39, 0.29) is 21.5 Å². The molecular formula is C16H22Br2N2O2. The van der Waals surface area contributed by atoms with Crippen molar-refractivity contribution in [1.29, 1.82) is 0 Å². The summed E-state index contributed by atoms with van der Waals surface area (Å²) in [5.74, 6) is -0.208. The van der Waals surface area contributed by atoms with E-state index in [0.717, 1.165) is 25.7 Å². The summed E-state index contributed by atoms with van der Waals surface area (Å²) >= 11 is 6.75. The third-order valence-corrected chi connectivity index (χ3v) is 4.84. The normalized spacial score (nSPS) is 13.3. The number of hydrogen-bond donors (Lipinski definition) is 2. The van der Waals surface area contributed by atoms with Crippen LogP contribution in [0.2, 0.25) is 0 Å². The fourth-order valence-electron chi connectivity index (χ4n) is 1.89. The highest BCUT2D eigenvalue weighted by Crippen LogP contribution is 2.23. The molecule has 2 atom stereocenters. The van der Waals surface area contributed by atoms with Crippen molar-refractivity contribution >= 4 is 55.0 Å². The van der Waals surface area contributed by atoms with E-state index in [9.17, 15) is 9.59 Å². The Kier molecular flexibility index (Phi) is 8.71. The number of halogens is 2. The Balaban J connectivity index is 2.77. The van der Waals surface area contributed by atoms with E-state index in [1.54, 1.807) is 12.1 Å². The van der Waals surface area contributed by atoms with Gasteiger partial charge >= 0.3 is 0 Å². The largest absolute Gasteiger partial charge is 0.323 e. The highest BCUT2D eigenvalue weighted by molar-refractivity contribution is 9.10. The van der Waals surface area contributed by atoms with Gasteiger partial charge in [-0.25, -0.2) is 0 Å². The fraction of sp³-hybridized carbons (Fsp3) is 0.500. The predicted molar refractivity (Wildman–Crippen MR) is 98.9 cm³/mol. The van der Waals surface area contributed by atoms with E-state index in [4.69, 9.17) is 0 Å². The number of rotatable bonds is 8. The number of benzene rings is 1. The predicted octanol–water partition coefficient (Wildman–Crippen LogP) is 4.69. The molecule has 0 heterocycles. The van der Waals surface area contributed by atoms with E-state index >= 15 is 0 Å². The van der Waals surface area contributed by atoms with Crippen molar-refractivity contribution in [2.24, 2.45) is 0 Å². The van der Waals surface area contributed by atoms with Gasteiger partial charge in [0, 0.05) is 0 Å². The maximum atomic E-state index is 12.1. The lowest BCUT2D eigenvalue weighted by Gasteiger charge is -2.15. The van der Waals surface area contributed by atoms with E-state index in [2.05, 4.69) is 42.5 Å². The molecule has 2 unspecified atom stereocenters. The smallest absolute Gasteiger partial charge is 0.238 e. The molecule has 122 valence electrons. The SMILES string of the molecule is CCCC(Br)C(=O)Nc1ccccc1NC(=O)C(Br)CCC. The van der Waals surface area contributed by atoms with Gasteiger partial charge in [0.05, 0.1) is 21.0 Å². The summed E-state index contributed by atoms with van der Waals surface area (Å²) < 4.78 is 0. The Morgan fingerprint density at radius 3 is 1.59 bits per heavy atom. The summed E-state index contributed by atoms with van der Waals surface area (Å²) in [6.45, 7) is 4.05. The molecule has 2 amide bonds. The molecule has 4 nitrogen and oxygen atoms in total. The van der Waals surface area contributed by atoms with Gasteiger partial charge in [-0.15, -0.1) is 0 Å². The Morgan fingerprint density at radius 2 is 1.27 bits per heavy atom. The third kappa shape index (κ3) is 6.08. The van der Waals surface area contributed by atoms with Crippen molar-refractivity contribution in [2.75, 3.05) is 10.6 Å². The van der Waals surface area contributed by atoms with Gasteiger partial charge in [0.25, 0.3) is 0 Å². The number of carbonyl (C=O) groups excluding carboxylic acids is 2. The van der Waals surface area contributed by atoms with E-state index in [0.29, 0.717) is 11.4 Å². The molecular weight excluding hydrogens is 412 g/mol. The summed E-state index contributed by atoms with van der Waals surface area (Å²) in [7, 11) is 0. The molecule has 0 fully saturated rings. The zero-order valence-electron chi connectivity index (χ0n) is 12.9. The molecule has 22 heavy (non-hydrogen) atoms. The number of amides is 2. The van der Waals surface area contributed by atoms with Crippen LogP contribution in [0, 0.1) is 0 Å². The van der Waals surface area contributed by atoms with Crippen molar-refractivity contribution in [3.05, 3.63) is 24.3 Å². The molecule has 2 N–H and O–H groups in total. The Bertz CT molecular complexity index is 464. The molecule has 0 spiro atoms. The van der Waals surface area contributed by atoms with Crippen molar-refractivity contribution < 1.29 is 9.59 Å². The fourth-order valence-corrected chi connectivity index (χ4v) is 3.04. The summed E-state index contributed by atoms with van der Waals surface area (Å²) in [6, 6.07) is 7.21. The van der Waals surface area contributed by atoms with Crippen LogP contribution in [0.4, 0.5) is 11.4 Å². The van der Waals surface area contributed by atoms with Gasteiger partial charge in [-0.2, -0.15) is 0 Å². The second kappa shape index (κ2) is 10.0. The topological polar surface area (TPSA) is 58.2 Å². The molecule has 0 radical (unpaired) electrons. The van der Waals surface area contributed by atoms with Crippen LogP contribution in [0.1, 0.15) is 39.5 Å². The van der Waals surface area contributed by atoms with Crippen LogP contribution < -0.4 is 10.6 Å². The molecule has 0 bridgehead atoms. The first-order valence-electron chi connectivity index (χ1n) is 7.48. The zero-order chi connectivity index (χ0) is 16.5. The summed E-state index contributed by atoms with van der Waals surface area (Å²) in [6.07, 6.45) is 3.37. The van der Waals surface area contributed by atoms with Gasteiger partial charge in [-0.1, -0.05) is 70.7 Å². The third-order valence-electron chi connectivity index (χ3n) is 3.10. The standard InChI is InChI=1S/C16H22Br2N2O2/c1-3-7-11(17)15(21)19-13-9-5-6-10-14(13)20-16(22)12(18)8-4-2/h5-6,9-12H,3-4,7-8H2,1-2H3,(H,19,21)(H,20,22). The van der Waals surface area contributed by atoms with E-state index < -0.39 is 0 Å². The van der Waals surface area contributed by atoms with Gasteiger partial charge in [0.1, 0.15) is 0 Å². The van der Waals surface area contributed by atoms with Crippen molar-refractivity contribution in [2.45, 2.75) is 49.2 Å². The molecule has 1 rings (SSSR count). The van der Waals surface area contributed by atoms with Crippen LogP contribution in [0.25, 0.3) is 0 Å². The van der Waals surface area contributed by atoms with Crippen molar-refractivity contribution in [3.8, 4) is 0 Å². The Labute approximate surface area is 148 Å². The molecule has 0 saturated carbocycles. The maximum absolute atomic E-state index is 12.1. The summed E-state index contributed by atoms with van der Waals surface area (Å²) in [4.78, 5) is 23.7. The first-order chi connectivity index (χ1) is 10.5. The summed E-state index contributed by atoms with van der Waals surface area (Å²) in [5.41, 5.74) is 1.22. The molecule has 1 aromatic carbocycles. The minimum Gasteiger partial charge on any atom is -0.323 e. The molecule has 1 aromatic rings. The van der Waals surface area contributed by atoms with Crippen LogP contribution in [0.5, 0.6) is 0 Å². The minimum atomic E-state index is -0.231. The van der Waals surface area contributed by atoms with Gasteiger partial charge in [0.15, 0.2) is 0 Å². The van der Waals surface area contributed by atoms with E-state index in [1.165, 1.54) is 0 Å². The minimum absolute atomic E-state index is 0.104. The number of para-hydroxylation sites is 2. The Morgan fingerprint density at radius 1 is 0.909 bits per heavy atom. The van der Waals surface area contributed by atoms with Crippen LogP contribution in [0.15, 0.2) is 24.3 Å².